The van der Waals surface area contributed by atoms with E-state index in [0.717, 1.165) is 21.7 Å². The van der Waals surface area contributed by atoms with Crippen LogP contribution in [0.3, 0.4) is 0 Å². The largest absolute Gasteiger partial charge is 0.423 e. The van der Waals surface area contributed by atoms with Gasteiger partial charge in [-0.25, -0.2) is 9.78 Å². The highest BCUT2D eigenvalue weighted by atomic mass is 32.2. The van der Waals surface area contributed by atoms with Crippen LogP contribution in [0.2, 0.25) is 0 Å². The standard InChI is InChI=1S/C29H25N3O4S/c1-29(2,3)32-27(35)24-25(18-10-5-4-6-11-18)30-28(31-26(24)34)37-16-19-15-22(33)36-21-14-13-17-9-7-8-12-20(17)23(19)21/h4-15H,16H2,1-3H3,(H,32,35)(H,30,31,34). The van der Waals surface area contributed by atoms with Crippen molar-refractivity contribution in [3.8, 4) is 11.3 Å². The highest BCUT2D eigenvalue weighted by Crippen LogP contribution is 2.31. The number of aromatic amines is 1. The third kappa shape index (κ3) is 5.20. The number of carbonyl (C=O) groups excluding carboxylic acids is 1. The highest BCUT2D eigenvalue weighted by molar-refractivity contribution is 7.98. The number of benzene rings is 3. The normalized spacial score (nSPS) is 11.6. The van der Waals surface area contributed by atoms with E-state index in [0.29, 0.717) is 27.7 Å². The van der Waals surface area contributed by atoms with E-state index < -0.39 is 22.6 Å². The van der Waals surface area contributed by atoms with Crippen LogP contribution in [0.5, 0.6) is 0 Å². The summed E-state index contributed by atoms with van der Waals surface area (Å²) < 4.78 is 5.46. The second kappa shape index (κ2) is 9.71. The molecule has 2 heterocycles. The van der Waals surface area contributed by atoms with E-state index in [-0.39, 0.29) is 5.56 Å². The molecule has 0 aliphatic carbocycles. The van der Waals surface area contributed by atoms with E-state index in [1.165, 1.54) is 17.8 Å². The zero-order chi connectivity index (χ0) is 26.2. The molecule has 0 aliphatic rings. The van der Waals surface area contributed by atoms with Crippen LogP contribution in [0.1, 0.15) is 36.7 Å². The second-order valence-corrected chi connectivity index (χ2v) is 10.7. The number of H-pyrrole nitrogens is 1. The summed E-state index contributed by atoms with van der Waals surface area (Å²) in [5.41, 5.74) is 0.697. The maximum Gasteiger partial charge on any atom is 0.336 e. The molecule has 0 fully saturated rings. The number of nitrogens with one attached hydrogen (secondary N) is 2. The zero-order valence-electron chi connectivity index (χ0n) is 20.6. The smallest absolute Gasteiger partial charge is 0.336 e. The van der Waals surface area contributed by atoms with Crippen molar-refractivity contribution in [1.29, 1.82) is 0 Å². The lowest BCUT2D eigenvalue weighted by Gasteiger charge is -2.21. The Morgan fingerprint density at radius 1 is 1.00 bits per heavy atom. The average Bonchev–Trinajstić information content (AvgIpc) is 2.86. The molecule has 7 nitrogen and oxygen atoms in total. The van der Waals surface area contributed by atoms with Gasteiger partial charge in [0, 0.05) is 28.3 Å². The molecule has 1 amide bonds. The van der Waals surface area contributed by atoms with Crippen LogP contribution in [0.15, 0.2) is 92.0 Å². The molecule has 5 rings (SSSR count). The summed E-state index contributed by atoms with van der Waals surface area (Å²) >= 11 is 1.28. The Hall–Kier alpha value is -4.17. The molecule has 5 aromatic rings. The van der Waals surface area contributed by atoms with Gasteiger partial charge in [-0.3, -0.25) is 9.59 Å². The van der Waals surface area contributed by atoms with Gasteiger partial charge >= 0.3 is 5.63 Å². The Labute approximate surface area is 217 Å². The molecule has 37 heavy (non-hydrogen) atoms. The molecule has 0 atom stereocenters. The van der Waals surface area contributed by atoms with Crippen molar-refractivity contribution in [3.63, 3.8) is 0 Å². The molecular weight excluding hydrogens is 486 g/mol. The maximum absolute atomic E-state index is 13.2. The van der Waals surface area contributed by atoms with E-state index in [4.69, 9.17) is 4.42 Å². The van der Waals surface area contributed by atoms with Crippen molar-refractivity contribution in [2.24, 2.45) is 0 Å². The molecule has 0 radical (unpaired) electrons. The fourth-order valence-electron chi connectivity index (χ4n) is 4.22. The van der Waals surface area contributed by atoms with Crippen molar-refractivity contribution in [2.45, 2.75) is 37.2 Å². The van der Waals surface area contributed by atoms with Gasteiger partial charge in [0.1, 0.15) is 11.1 Å². The van der Waals surface area contributed by atoms with Crippen LogP contribution < -0.4 is 16.5 Å². The maximum atomic E-state index is 13.2. The van der Waals surface area contributed by atoms with Crippen molar-refractivity contribution in [1.82, 2.24) is 15.3 Å². The fourth-order valence-corrected chi connectivity index (χ4v) is 5.06. The number of hydrogen-bond acceptors (Lipinski definition) is 6. The Balaban J connectivity index is 1.58. The van der Waals surface area contributed by atoms with Crippen LogP contribution >= 0.6 is 11.8 Å². The van der Waals surface area contributed by atoms with Gasteiger partial charge in [-0.05, 0) is 43.2 Å². The third-order valence-corrected chi connectivity index (χ3v) is 6.66. The molecule has 3 aromatic carbocycles. The molecule has 0 aliphatic heterocycles. The van der Waals surface area contributed by atoms with Crippen LogP contribution in [0, 0.1) is 0 Å². The Morgan fingerprint density at radius 2 is 1.73 bits per heavy atom. The summed E-state index contributed by atoms with van der Waals surface area (Å²) in [7, 11) is 0. The minimum Gasteiger partial charge on any atom is -0.423 e. The first kappa shape index (κ1) is 24.5. The molecule has 0 spiro atoms. The van der Waals surface area contributed by atoms with Crippen molar-refractivity contribution in [3.05, 3.63) is 105 Å². The van der Waals surface area contributed by atoms with Gasteiger partial charge in [0.25, 0.3) is 11.5 Å². The Bertz CT molecular complexity index is 1750. The molecule has 0 saturated carbocycles. The van der Waals surface area contributed by atoms with E-state index in [1.54, 1.807) is 6.07 Å². The minimum absolute atomic E-state index is 0.0396. The summed E-state index contributed by atoms with van der Waals surface area (Å²) in [6.45, 7) is 5.55. The minimum atomic E-state index is -0.527. The van der Waals surface area contributed by atoms with Gasteiger partial charge in [-0.15, -0.1) is 0 Å². The van der Waals surface area contributed by atoms with Crippen LogP contribution in [0.25, 0.3) is 33.0 Å². The summed E-state index contributed by atoms with van der Waals surface area (Å²) in [5.74, 6) is -0.129. The van der Waals surface area contributed by atoms with E-state index in [9.17, 15) is 14.4 Å². The summed E-state index contributed by atoms with van der Waals surface area (Å²) in [5, 5.41) is 6.05. The first-order chi connectivity index (χ1) is 17.7. The fraction of sp³-hybridized carbons (Fsp3) is 0.172. The molecule has 186 valence electrons. The average molecular weight is 512 g/mol. The van der Waals surface area contributed by atoms with E-state index in [1.807, 2.05) is 81.4 Å². The molecule has 0 unspecified atom stereocenters. The lowest BCUT2D eigenvalue weighted by molar-refractivity contribution is 0.0918. The van der Waals surface area contributed by atoms with Gasteiger partial charge in [0.15, 0.2) is 5.16 Å². The van der Waals surface area contributed by atoms with E-state index in [2.05, 4.69) is 15.3 Å². The Morgan fingerprint density at radius 3 is 2.49 bits per heavy atom. The van der Waals surface area contributed by atoms with Crippen LogP contribution in [-0.4, -0.2) is 21.4 Å². The lowest BCUT2D eigenvalue weighted by atomic mass is 10.0. The number of fused-ring (bicyclic) bond motifs is 3. The predicted octanol–water partition coefficient (Wildman–Crippen LogP) is 5.52. The molecule has 2 aromatic heterocycles. The molecule has 0 saturated heterocycles. The monoisotopic (exact) mass is 511 g/mol. The lowest BCUT2D eigenvalue weighted by Crippen LogP contribution is -2.43. The topological polar surface area (TPSA) is 105 Å². The first-order valence-electron chi connectivity index (χ1n) is 11.8. The predicted molar refractivity (Wildman–Crippen MR) is 147 cm³/mol. The quantitative estimate of drug-likeness (QED) is 0.139. The molecule has 0 bridgehead atoms. The van der Waals surface area contributed by atoms with Gasteiger partial charge < -0.3 is 14.7 Å². The number of rotatable bonds is 5. The number of amides is 1. The zero-order valence-corrected chi connectivity index (χ0v) is 21.4. The SMILES string of the molecule is CC(C)(C)NC(=O)c1c(-c2ccccc2)nc(SCc2cc(=O)oc3ccc4ccccc4c23)[nH]c1=O. The molecule has 2 N–H and O–H groups in total. The molecular formula is C29H25N3O4S. The summed E-state index contributed by atoms with van der Waals surface area (Å²) in [4.78, 5) is 46.0. The third-order valence-electron chi connectivity index (χ3n) is 5.74. The number of aromatic nitrogens is 2. The number of nitrogens with zero attached hydrogens (tertiary/aromatic N) is 1. The summed E-state index contributed by atoms with van der Waals surface area (Å²) in [6.07, 6.45) is 0. The second-order valence-electron chi connectivity index (χ2n) is 9.70. The summed E-state index contributed by atoms with van der Waals surface area (Å²) in [6, 6.07) is 22.2. The van der Waals surface area contributed by atoms with Crippen LogP contribution in [-0.2, 0) is 5.75 Å². The number of hydrogen-bond donors (Lipinski definition) is 2. The molecule has 8 heteroatoms. The van der Waals surface area contributed by atoms with Gasteiger partial charge in [-0.2, -0.15) is 0 Å². The van der Waals surface area contributed by atoms with Crippen LogP contribution in [0.4, 0.5) is 0 Å². The van der Waals surface area contributed by atoms with Gasteiger partial charge in [0.05, 0.1) is 5.69 Å². The number of thioether (sulfide) groups is 1. The highest BCUT2D eigenvalue weighted by Gasteiger charge is 2.24. The first-order valence-corrected chi connectivity index (χ1v) is 12.8. The van der Waals surface area contributed by atoms with Crippen molar-refractivity contribution >= 4 is 39.4 Å². The van der Waals surface area contributed by atoms with Crippen molar-refractivity contribution < 1.29 is 9.21 Å². The van der Waals surface area contributed by atoms with E-state index >= 15 is 0 Å². The number of carbonyl (C=O) groups is 1. The van der Waals surface area contributed by atoms with Gasteiger partial charge in [-0.1, -0.05) is 72.4 Å². The van der Waals surface area contributed by atoms with Crippen molar-refractivity contribution in [2.75, 3.05) is 0 Å². The Kier molecular flexibility index (Phi) is 6.43. The van der Waals surface area contributed by atoms with Gasteiger partial charge in [0.2, 0.25) is 0 Å².